The van der Waals surface area contributed by atoms with E-state index in [-0.39, 0.29) is 12.1 Å². The van der Waals surface area contributed by atoms with Crippen molar-refractivity contribution in [3.05, 3.63) is 58.3 Å². The highest BCUT2D eigenvalue weighted by atomic mass is 32.1. The molecule has 0 spiro atoms. The number of carbonyl (C=O) groups is 1. The van der Waals surface area contributed by atoms with E-state index in [0.29, 0.717) is 6.61 Å². The van der Waals surface area contributed by atoms with Gasteiger partial charge in [-0.15, -0.1) is 0 Å². The molecule has 0 aliphatic carbocycles. The summed E-state index contributed by atoms with van der Waals surface area (Å²) >= 11 is 1.66. The van der Waals surface area contributed by atoms with E-state index in [0.717, 1.165) is 12.0 Å². The van der Waals surface area contributed by atoms with Crippen LogP contribution in [0.3, 0.4) is 0 Å². The Bertz CT molecular complexity index is 496. The molecule has 1 unspecified atom stereocenters. The van der Waals surface area contributed by atoms with E-state index in [4.69, 9.17) is 4.74 Å². The number of carbonyl (C=O) groups excluding carboxylic acids is 1. The van der Waals surface area contributed by atoms with Crippen LogP contribution in [0.2, 0.25) is 0 Å². The van der Waals surface area contributed by atoms with Gasteiger partial charge in [0.15, 0.2) is 0 Å². The second kappa shape index (κ2) is 6.95. The highest BCUT2D eigenvalue weighted by Crippen LogP contribution is 2.08. The molecule has 2 aromatic rings. The number of alkyl carbamates (subject to hydrolysis) is 1. The third-order valence-electron chi connectivity index (χ3n) is 2.70. The van der Waals surface area contributed by atoms with Crippen molar-refractivity contribution >= 4 is 17.4 Å². The highest BCUT2D eigenvalue weighted by Gasteiger charge is 2.09. The van der Waals surface area contributed by atoms with Crippen LogP contribution in [0.4, 0.5) is 4.79 Å². The topological polar surface area (TPSA) is 38.3 Å². The molecule has 0 aliphatic heterocycles. The Morgan fingerprint density at radius 1 is 1.26 bits per heavy atom. The van der Waals surface area contributed by atoms with Crippen LogP contribution in [0.15, 0.2) is 47.2 Å². The van der Waals surface area contributed by atoms with Gasteiger partial charge in [-0.3, -0.25) is 0 Å². The molecule has 0 saturated carbocycles. The molecular formula is C15H17NO2S. The van der Waals surface area contributed by atoms with Crippen molar-refractivity contribution in [2.45, 2.75) is 26.0 Å². The molecule has 1 atom stereocenters. The summed E-state index contributed by atoms with van der Waals surface area (Å²) in [6.07, 6.45) is 0.454. The van der Waals surface area contributed by atoms with Crippen molar-refractivity contribution < 1.29 is 9.53 Å². The number of hydrogen-bond acceptors (Lipinski definition) is 3. The van der Waals surface area contributed by atoms with Crippen LogP contribution >= 0.6 is 11.3 Å². The first-order valence-corrected chi connectivity index (χ1v) is 7.16. The number of thiophene rings is 1. The Hall–Kier alpha value is -1.81. The summed E-state index contributed by atoms with van der Waals surface area (Å²) < 4.78 is 5.17. The summed E-state index contributed by atoms with van der Waals surface area (Å²) in [7, 11) is 0. The van der Waals surface area contributed by atoms with Gasteiger partial charge < -0.3 is 10.1 Å². The second-order valence-corrected chi connectivity index (χ2v) is 5.22. The van der Waals surface area contributed by atoms with Gasteiger partial charge >= 0.3 is 6.09 Å². The molecule has 0 radical (unpaired) electrons. The minimum atomic E-state index is -0.369. The first kappa shape index (κ1) is 13.6. The maximum atomic E-state index is 11.6. The van der Waals surface area contributed by atoms with E-state index in [9.17, 15) is 4.79 Å². The Kier molecular flexibility index (Phi) is 4.98. The fourth-order valence-corrected chi connectivity index (χ4v) is 2.46. The lowest BCUT2D eigenvalue weighted by Gasteiger charge is -2.13. The maximum Gasteiger partial charge on any atom is 0.407 e. The van der Waals surface area contributed by atoms with Crippen molar-refractivity contribution in [2.75, 3.05) is 0 Å². The average Bonchev–Trinajstić information content (AvgIpc) is 2.90. The molecule has 0 aliphatic rings. The fourth-order valence-electron chi connectivity index (χ4n) is 1.78. The molecule has 1 aromatic carbocycles. The first-order valence-electron chi connectivity index (χ1n) is 6.22. The molecule has 1 amide bonds. The minimum Gasteiger partial charge on any atom is -0.445 e. The van der Waals surface area contributed by atoms with Gasteiger partial charge in [-0.25, -0.2) is 4.79 Å². The summed E-state index contributed by atoms with van der Waals surface area (Å²) in [5.74, 6) is 0. The largest absolute Gasteiger partial charge is 0.445 e. The van der Waals surface area contributed by atoms with Crippen molar-refractivity contribution in [3.63, 3.8) is 0 Å². The van der Waals surface area contributed by atoms with E-state index in [1.54, 1.807) is 11.3 Å². The number of benzene rings is 1. The number of nitrogens with one attached hydrogen (secondary N) is 1. The molecule has 1 N–H and O–H groups in total. The Morgan fingerprint density at radius 3 is 2.74 bits per heavy atom. The van der Waals surface area contributed by atoms with E-state index in [1.165, 1.54) is 5.56 Å². The van der Waals surface area contributed by atoms with E-state index >= 15 is 0 Å². The third kappa shape index (κ3) is 4.75. The second-order valence-electron chi connectivity index (χ2n) is 4.44. The van der Waals surface area contributed by atoms with Crippen LogP contribution in [-0.4, -0.2) is 12.1 Å². The Labute approximate surface area is 117 Å². The third-order valence-corrected chi connectivity index (χ3v) is 3.43. The van der Waals surface area contributed by atoms with Crippen LogP contribution in [0, 0.1) is 0 Å². The van der Waals surface area contributed by atoms with E-state index in [2.05, 4.69) is 16.8 Å². The number of hydrogen-bond donors (Lipinski definition) is 1. The maximum absolute atomic E-state index is 11.6. The zero-order chi connectivity index (χ0) is 13.5. The molecule has 0 saturated heterocycles. The van der Waals surface area contributed by atoms with Gasteiger partial charge in [-0.1, -0.05) is 30.3 Å². The predicted octanol–water partition coefficient (Wildman–Crippen LogP) is 3.61. The van der Waals surface area contributed by atoms with Gasteiger partial charge in [0.1, 0.15) is 6.61 Å². The molecule has 4 heteroatoms. The lowest BCUT2D eigenvalue weighted by molar-refractivity contribution is 0.136. The Morgan fingerprint density at radius 2 is 2.05 bits per heavy atom. The number of rotatable bonds is 5. The molecular weight excluding hydrogens is 258 g/mol. The smallest absolute Gasteiger partial charge is 0.407 e. The molecule has 1 heterocycles. The summed E-state index contributed by atoms with van der Waals surface area (Å²) in [5, 5.41) is 6.96. The van der Waals surface area contributed by atoms with Crippen LogP contribution in [0.25, 0.3) is 0 Å². The molecule has 3 nitrogen and oxygen atoms in total. The molecule has 100 valence electrons. The van der Waals surface area contributed by atoms with Gasteiger partial charge in [-0.05, 0) is 41.3 Å². The first-order chi connectivity index (χ1) is 9.24. The normalized spacial score (nSPS) is 11.8. The van der Waals surface area contributed by atoms with E-state index < -0.39 is 0 Å². The summed E-state index contributed by atoms with van der Waals surface area (Å²) in [6, 6.07) is 11.8. The average molecular weight is 275 g/mol. The Balaban J connectivity index is 1.72. The summed E-state index contributed by atoms with van der Waals surface area (Å²) in [5.41, 5.74) is 2.23. The lowest BCUT2D eigenvalue weighted by Crippen LogP contribution is -2.34. The van der Waals surface area contributed by atoms with Crippen LogP contribution in [0.5, 0.6) is 0 Å². The summed E-state index contributed by atoms with van der Waals surface area (Å²) in [4.78, 5) is 11.6. The monoisotopic (exact) mass is 275 g/mol. The SMILES string of the molecule is CC(Cc1ccsc1)NC(=O)OCc1ccccc1. The molecule has 2 rings (SSSR count). The predicted molar refractivity (Wildman–Crippen MR) is 77.2 cm³/mol. The van der Waals surface area contributed by atoms with Crippen molar-refractivity contribution in [1.29, 1.82) is 0 Å². The molecule has 0 bridgehead atoms. The lowest BCUT2D eigenvalue weighted by atomic mass is 10.1. The fraction of sp³-hybridized carbons (Fsp3) is 0.267. The standard InChI is InChI=1S/C15H17NO2S/c1-12(9-14-7-8-19-11-14)16-15(17)18-10-13-5-3-2-4-6-13/h2-8,11-12H,9-10H2,1H3,(H,16,17). The highest BCUT2D eigenvalue weighted by molar-refractivity contribution is 7.07. The van der Waals surface area contributed by atoms with Gasteiger partial charge in [0, 0.05) is 6.04 Å². The van der Waals surface area contributed by atoms with Gasteiger partial charge in [0.05, 0.1) is 0 Å². The van der Waals surface area contributed by atoms with Crippen molar-refractivity contribution in [2.24, 2.45) is 0 Å². The number of ether oxygens (including phenoxy) is 1. The zero-order valence-electron chi connectivity index (χ0n) is 10.8. The molecule has 19 heavy (non-hydrogen) atoms. The van der Waals surface area contributed by atoms with Crippen LogP contribution in [0.1, 0.15) is 18.1 Å². The van der Waals surface area contributed by atoms with Crippen LogP contribution < -0.4 is 5.32 Å². The van der Waals surface area contributed by atoms with E-state index in [1.807, 2.05) is 42.6 Å². The quantitative estimate of drug-likeness (QED) is 0.905. The van der Waals surface area contributed by atoms with Crippen LogP contribution in [-0.2, 0) is 17.8 Å². The minimum absolute atomic E-state index is 0.0675. The van der Waals surface area contributed by atoms with Crippen molar-refractivity contribution in [3.8, 4) is 0 Å². The van der Waals surface area contributed by atoms with Gasteiger partial charge in [-0.2, -0.15) is 11.3 Å². The molecule has 1 aromatic heterocycles. The zero-order valence-corrected chi connectivity index (χ0v) is 11.7. The summed E-state index contributed by atoms with van der Waals surface area (Å²) in [6.45, 7) is 2.28. The molecule has 0 fully saturated rings. The van der Waals surface area contributed by atoms with Gasteiger partial charge in [0.25, 0.3) is 0 Å². The van der Waals surface area contributed by atoms with Gasteiger partial charge in [0.2, 0.25) is 0 Å². The number of amides is 1. The van der Waals surface area contributed by atoms with Crippen molar-refractivity contribution in [1.82, 2.24) is 5.32 Å².